The first-order chi connectivity index (χ1) is 7.88. The zero-order valence-electron chi connectivity index (χ0n) is 11.5. The number of carbonyl (C=O) groups excluding carboxylic acids is 1. The number of rotatable bonds is 7. The molecule has 3 heteroatoms. The molecule has 0 atom stereocenters. The summed E-state index contributed by atoms with van der Waals surface area (Å²) in [7, 11) is 0. The first kappa shape index (κ1) is 16.9. The summed E-state index contributed by atoms with van der Waals surface area (Å²) in [6.45, 7) is 8.34. The highest BCUT2D eigenvalue weighted by atomic mass is 127. The fourth-order valence-corrected chi connectivity index (χ4v) is 1.64. The Labute approximate surface area is 119 Å². The van der Waals surface area contributed by atoms with E-state index < -0.39 is 0 Å². The van der Waals surface area contributed by atoms with E-state index in [1.54, 1.807) is 0 Å². The summed E-state index contributed by atoms with van der Waals surface area (Å²) < 4.78 is 6.41. The fraction of sp³-hybridized carbons (Fsp3) is 0.786. The molecule has 0 aliphatic carbocycles. The second-order valence-electron chi connectivity index (χ2n) is 5.37. The highest BCUT2D eigenvalue weighted by Crippen LogP contribution is 2.15. The van der Waals surface area contributed by atoms with Gasteiger partial charge in [0.2, 0.25) is 0 Å². The fourth-order valence-electron chi connectivity index (χ4n) is 1.26. The lowest BCUT2D eigenvalue weighted by atomic mass is 9.97. The van der Waals surface area contributed by atoms with Crippen molar-refractivity contribution in [3.63, 3.8) is 0 Å². The number of unbranched alkanes of at least 4 members (excludes halogenated alkanes) is 1. The van der Waals surface area contributed by atoms with Gasteiger partial charge in [0.25, 0.3) is 0 Å². The van der Waals surface area contributed by atoms with Crippen molar-refractivity contribution < 1.29 is 9.53 Å². The van der Waals surface area contributed by atoms with Gasteiger partial charge in [-0.05, 0) is 57.8 Å². The molecule has 0 aromatic rings. The molecule has 0 rings (SSSR count). The third kappa shape index (κ3) is 9.62. The summed E-state index contributed by atoms with van der Waals surface area (Å²) in [4.78, 5) is 11.5. The molecule has 100 valence electrons. The number of allylic oxidation sites excluding steroid dienone is 2. The summed E-state index contributed by atoms with van der Waals surface area (Å²) >= 11 is 2.40. The summed E-state index contributed by atoms with van der Waals surface area (Å²) in [6.07, 6.45) is 6.62. The normalized spacial score (nSPS) is 12.6. The molecular weight excluding hydrogens is 327 g/mol. The minimum Gasteiger partial charge on any atom is -0.465 e. The van der Waals surface area contributed by atoms with Gasteiger partial charge in [0.1, 0.15) is 0 Å². The summed E-state index contributed by atoms with van der Waals surface area (Å²) in [5, 5.41) is 0. The number of ether oxygens (including phenoxy) is 1. The second-order valence-corrected chi connectivity index (χ2v) is 6.45. The van der Waals surface area contributed by atoms with Gasteiger partial charge in [-0.2, -0.15) is 0 Å². The van der Waals surface area contributed by atoms with Crippen LogP contribution >= 0.6 is 22.6 Å². The molecule has 0 aliphatic rings. The summed E-state index contributed by atoms with van der Waals surface area (Å²) in [5.74, 6) is -0.108. The molecule has 0 aliphatic heterocycles. The Bertz CT molecular complexity index is 251. The maximum absolute atomic E-state index is 11.5. The molecule has 0 aromatic heterocycles. The van der Waals surface area contributed by atoms with Crippen LogP contribution < -0.4 is 0 Å². The Morgan fingerprint density at radius 3 is 2.47 bits per heavy atom. The van der Waals surface area contributed by atoms with E-state index in [4.69, 9.17) is 4.74 Å². The molecule has 0 unspecified atom stereocenters. The van der Waals surface area contributed by atoms with Crippen LogP contribution in [0.5, 0.6) is 0 Å². The predicted molar refractivity (Wildman–Crippen MR) is 81.5 cm³/mol. The smallest absolute Gasteiger partial charge is 0.311 e. The van der Waals surface area contributed by atoms with E-state index >= 15 is 0 Å². The molecule has 0 fully saturated rings. The lowest BCUT2D eigenvalue weighted by Crippen LogP contribution is -2.23. The van der Waals surface area contributed by atoms with Crippen LogP contribution in [0.4, 0.5) is 0 Å². The third-order valence-corrected chi connectivity index (χ3v) is 3.15. The molecule has 0 N–H and O–H groups in total. The van der Waals surface area contributed by atoms with Gasteiger partial charge >= 0.3 is 5.97 Å². The Morgan fingerprint density at radius 1 is 1.29 bits per heavy atom. The van der Waals surface area contributed by atoms with Crippen LogP contribution in [0.2, 0.25) is 0 Å². The van der Waals surface area contributed by atoms with Gasteiger partial charge in [0.15, 0.2) is 0 Å². The lowest BCUT2D eigenvalue weighted by molar-refractivity contribution is -0.152. The van der Waals surface area contributed by atoms with Crippen molar-refractivity contribution in [3.05, 3.63) is 11.6 Å². The third-order valence-electron chi connectivity index (χ3n) is 2.39. The Morgan fingerprint density at radius 2 is 1.94 bits per heavy atom. The van der Waals surface area contributed by atoms with E-state index in [2.05, 4.69) is 35.6 Å². The molecule has 0 amide bonds. The lowest BCUT2D eigenvalue weighted by Gasteiger charge is -2.16. The molecule has 0 aromatic carbocycles. The molecule has 0 saturated carbocycles. The van der Waals surface area contributed by atoms with Crippen molar-refractivity contribution >= 4 is 28.6 Å². The number of halogens is 1. The van der Waals surface area contributed by atoms with Gasteiger partial charge in [0, 0.05) is 0 Å². The van der Waals surface area contributed by atoms with Crippen LogP contribution in [0.25, 0.3) is 0 Å². The van der Waals surface area contributed by atoms with E-state index in [1.165, 1.54) is 22.8 Å². The van der Waals surface area contributed by atoms with Crippen molar-refractivity contribution in [1.82, 2.24) is 0 Å². The van der Waals surface area contributed by atoms with Crippen LogP contribution in [0.1, 0.15) is 53.4 Å². The SMILES string of the molecule is CC(=CCCCOC(=O)C(C)(C)C)CCCI. The first-order valence-electron chi connectivity index (χ1n) is 6.26. The van der Waals surface area contributed by atoms with Crippen LogP contribution in [0.3, 0.4) is 0 Å². The molecule has 17 heavy (non-hydrogen) atoms. The van der Waals surface area contributed by atoms with E-state index in [0.717, 1.165) is 12.8 Å². The topological polar surface area (TPSA) is 26.3 Å². The average molecular weight is 352 g/mol. The van der Waals surface area contributed by atoms with E-state index in [9.17, 15) is 4.79 Å². The number of carbonyl (C=O) groups is 1. The van der Waals surface area contributed by atoms with Crippen LogP contribution in [-0.2, 0) is 9.53 Å². The van der Waals surface area contributed by atoms with E-state index in [-0.39, 0.29) is 11.4 Å². The van der Waals surface area contributed by atoms with Crippen LogP contribution in [0.15, 0.2) is 11.6 Å². The highest BCUT2D eigenvalue weighted by molar-refractivity contribution is 14.1. The van der Waals surface area contributed by atoms with Crippen molar-refractivity contribution in [3.8, 4) is 0 Å². The largest absolute Gasteiger partial charge is 0.465 e. The number of alkyl halides is 1. The van der Waals surface area contributed by atoms with Crippen LogP contribution in [-0.4, -0.2) is 17.0 Å². The van der Waals surface area contributed by atoms with Crippen molar-refractivity contribution in [2.45, 2.75) is 53.4 Å². The second kappa shape index (κ2) is 8.95. The Hall–Kier alpha value is -0.0600. The molecule has 0 bridgehead atoms. The minimum absolute atomic E-state index is 0.108. The molecule has 0 radical (unpaired) electrons. The standard InChI is InChI=1S/C14H25IO2/c1-12(9-7-10-15)8-5-6-11-17-13(16)14(2,3)4/h8H,5-7,9-11H2,1-4H3. The minimum atomic E-state index is -0.383. The predicted octanol–water partition coefficient (Wildman–Crippen LogP) is 4.52. The number of hydrogen-bond acceptors (Lipinski definition) is 2. The van der Waals surface area contributed by atoms with Crippen molar-refractivity contribution in [1.29, 1.82) is 0 Å². The molecule has 0 spiro atoms. The molecule has 2 nitrogen and oxygen atoms in total. The van der Waals surface area contributed by atoms with Crippen molar-refractivity contribution in [2.24, 2.45) is 5.41 Å². The van der Waals surface area contributed by atoms with Crippen LogP contribution in [0, 0.1) is 5.41 Å². The average Bonchev–Trinajstić information content (AvgIpc) is 2.24. The molecule has 0 saturated heterocycles. The molecule has 0 heterocycles. The zero-order chi connectivity index (χ0) is 13.3. The zero-order valence-corrected chi connectivity index (χ0v) is 13.7. The molecular formula is C14H25IO2. The Kier molecular flexibility index (Phi) is 8.92. The Balaban J connectivity index is 3.62. The van der Waals surface area contributed by atoms with Gasteiger partial charge in [-0.25, -0.2) is 0 Å². The quantitative estimate of drug-likeness (QED) is 0.221. The van der Waals surface area contributed by atoms with Gasteiger partial charge in [-0.1, -0.05) is 34.2 Å². The van der Waals surface area contributed by atoms with Gasteiger partial charge in [-0.15, -0.1) is 0 Å². The highest BCUT2D eigenvalue weighted by Gasteiger charge is 2.22. The first-order valence-corrected chi connectivity index (χ1v) is 7.79. The summed E-state index contributed by atoms with van der Waals surface area (Å²) in [5.41, 5.74) is 1.07. The maximum Gasteiger partial charge on any atom is 0.311 e. The monoisotopic (exact) mass is 352 g/mol. The maximum atomic E-state index is 11.5. The summed E-state index contributed by atoms with van der Waals surface area (Å²) in [6, 6.07) is 0. The van der Waals surface area contributed by atoms with Gasteiger partial charge in [0.05, 0.1) is 12.0 Å². The number of hydrogen-bond donors (Lipinski definition) is 0. The van der Waals surface area contributed by atoms with Crippen molar-refractivity contribution in [2.75, 3.05) is 11.0 Å². The van der Waals surface area contributed by atoms with E-state index in [1.807, 2.05) is 20.8 Å². The van der Waals surface area contributed by atoms with Gasteiger partial charge < -0.3 is 4.74 Å². The number of esters is 1. The van der Waals surface area contributed by atoms with Gasteiger partial charge in [-0.3, -0.25) is 4.79 Å². The van der Waals surface area contributed by atoms with E-state index in [0.29, 0.717) is 6.61 Å².